The quantitative estimate of drug-likeness (QED) is 0.0384. The molecule has 0 aliphatic carbocycles. The zero-order valence-electron chi connectivity index (χ0n) is 39.4. The van der Waals surface area contributed by atoms with Gasteiger partial charge in [0.2, 0.25) is 0 Å². The third-order valence-corrected chi connectivity index (χ3v) is 13.5. The number of amides is 1. The predicted octanol–water partition coefficient (Wildman–Crippen LogP) is 9.06. The smallest absolute Gasteiger partial charge is 0.323 e. The number of hydrogen-bond donors (Lipinski definition) is 1. The van der Waals surface area contributed by atoms with Crippen LogP contribution in [0.25, 0.3) is 11.2 Å². The number of fused-ring (bicyclic) bond motifs is 1. The summed E-state index contributed by atoms with van der Waals surface area (Å²) in [4.78, 5) is 54.5. The summed E-state index contributed by atoms with van der Waals surface area (Å²) in [6.07, 6.45) is -0.499. The van der Waals surface area contributed by atoms with Crippen LogP contribution in [-0.2, 0) is 45.1 Å². The van der Waals surface area contributed by atoms with Crippen molar-refractivity contribution in [3.05, 3.63) is 144 Å². The zero-order chi connectivity index (χ0) is 48.9. The minimum Gasteiger partial charge on any atom is -0.497 e. The number of carbonyl (C=O) groups excluding carboxylic acids is 3. The molecule has 1 N–H and O–H groups in total. The van der Waals surface area contributed by atoms with Gasteiger partial charge in [0.15, 0.2) is 17.0 Å². The lowest BCUT2D eigenvalue weighted by Gasteiger charge is -2.41. The van der Waals surface area contributed by atoms with E-state index in [1.54, 1.807) is 49.4 Å². The maximum absolute atomic E-state index is 14.2. The fraction of sp³-hybridized carbons (Fsp3) is 0.353. The van der Waals surface area contributed by atoms with Crippen LogP contribution in [0.4, 0.5) is 5.82 Å². The van der Waals surface area contributed by atoms with Crippen molar-refractivity contribution in [2.24, 2.45) is 0 Å². The molecule has 69 heavy (non-hydrogen) atoms. The summed E-state index contributed by atoms with van der Waals surface area (Å²) < 4.78 is 47.4. The highest BCUT2D eigenvalue weighted by molar-refractivity contribution is 7.45. The zero-order valence-corrected chi connectivity index (χ0v) is 40.3. The molecular formula is C51H56N7O10P. The van der Waals surface area contributed by atoms with Gasteiger partial charge in [-0.05, 0) is 80.8 Å². The molecule has 0 bridgehead atoms. The molecule has 2 aromatic heterocycles. The molecule has 1 unspecified atom stereocenters. The highest BCUT2D eigenvalue weighted by atomic mass is 31.2. The number of ether oxygens (including phenoxy) is 5. The number of nitriles is 1. The van der Waals surface area contributed by atoms with Gasteiger partial charge >= 0.3 is 20.5 Å². The molecule has 1 fully saturated rings. The lowest BCUT2D eigenvalue weighted by Crippen LogP contribution is -2.49. The fourth-order valence-corrected chi connectivity index (χ4v) is 9.79. The lowest BCUT2D eigenvalue weighted by molar-refractivity contribution is -0.178. The summed E-state index contributed by atoms with van der Waals surface area (Å²) in [6.45, 7) is 8.05. The number of hydrogen-bond acceptors (Lipinski definition) is 15. The molecule has 6 aromatic rings. The van der Waals surface area contributed by atoms with E-state index < -0.39 is 44.5 Å². The largest absolute Gasteiger partial charge is 0.497 e. The fourth-order valence-electron chi connectivity index (χ4n) is 8.24. The van der Waals surface area contributed by atoms with Crippen LogP contribution in [0.15, 0.2) is 122 Å². The van der Waals surface area contributed by atoms with Gasteiger partial charge < -0.3 is 38.0 Å². The summed E-state index contributed by atoms with van der Waals surface area (Å²) in [5, 5.41) is 12.0. The van der Waals surface area contributed by atoms with Gasteiger partial charge in [-0.1, -0.05) is 72.8 Å². The summed E-state index contributed by atoms with van der Waals surface area (Å²) in [5.41, 5.74) is 1.80. The van der Waals surface area contributed by atoms with E-state index in [0.717, 1.165) is 5.56 Å². The summed E-state index contributed by atoms with van der Waals surface area (Å²) >= 11 is 0. The van der Waals surface area contributed by atoms with Gasteiger partial charge in [0.05, 0.1) is 59.1 Å². The van der Waals surface area contributed by atoms with Crippen LogP contribution in [0.3, 0.4) is 0 Å². The normalized spacial score (nSPS) is 16.3. The number of anilines is 1. The third kappa shape index (κ3) is 11.9. The first kappa shape index (κ1) is 50.1. The lowest BCUT2D eigenvalue weighted by atomic mass is 9.79. The first-order valence-electron chi connectivity index (χ1n) is 22.6. The standard InChI is InChI=1S/C51H56N7O10P/c1-34(2)58(35(3)4)69(65-29-13-28-52)68-45(60)27-26-44(59)66-42-30-43(57-33-55-46-48(53-32-54-49(46)57)56-50(61)37-16-11-8-12-17-37)67-47(42)51(38-18-22-40(62-5)23-19-38,39-20-24-41(63-6)25-21-39)64-31-36-14-9-7-10-15-36/h7-12,14-25,32-35,42-43,47H,13,26-27,29-31H2,1-6H3,(H,53,54,56,61)/t42-,43-,47+,69?/m0/s1. The van der Waals surface area contributed by atoms with E-state index in [-0.39, 0.29) is 62.7 Å². The van der Waals surface area contributed by atoms with Crippen LogP contribution in [-0.4, -0.2) is 87.2 Å². The van der Waals surface area contributed by atoms with Gasteiger partial charge in [0, 0.05) is 24.1 Å². The van der Waals surface area contributed by atoms with Crippen LogP contribution in [0.5, 0.6) is 11.5 Å². The highest BCUT2D eigenvalue weighted by Crippen LogP contribution is 2.49. The average molecular weight is 958 g/mol. The Kier molecular flexibility index (Phi) is 17.0. The molecule has 1 aliphatic heterocycles. The molecule has 3 heterocycles. The maximum Gasteiger partial charge on any atom is 0.323 e. The minimum absolute atomic E-state index is 0.0392. The van der Waals surface area contributed by atoms with Crippen molar-refractivity contribution in [1.82, 2.24) is 24.2 Å². The van der Waals surface area contributed by atoms with Crippen molar-refractivity contribution in [3.8, 4) is 17.6 Å². The Hall–Kier alpha value is -6.80. The number of nitrogens with zero attached hydrogens (tertiary/aromatic N) is 6. The molecule has 0 spiro atoms. The van der Waals surface area contributed by atoms with E-state index in [0.29, 0.717) is 39.4 Å². The van der Waals surface area contributed by atoms with Crippen LogP contribution in [0, 0.1) is 11.3 Å². The number of imidazole rings is 1. The summed E-state index contributed by atoms with van der Waals surface area (Å²) in [5.74, 6) is -0.315. The topological polar surface area (TPSA) is 198 Å². The van der Waals surface area contributed by atoms with Crippen molar-refractivity contribution >= 4 is 43.4 Å². The third-order valence-electron chi connectivity index (χ3n) is 11.4. The number of nitrogens with one attached hydrogen (secondary N) is 1. The van der Waals surface area contributed by atoms with Crippen molar-refractivity contribution in [1.29, 1.82) is 5.26 Å². The molecule has 1 saturated heterocycles. The molecule has 18 heteroatoms. The molecular weight excluding hydrogens is 902 g/mol. The van der Waals surface area contributed by atoms with Crippen LogP contribution in [0.2, 0.25) is 0 Å². The van der Waals surface area contributed by atoms with E-state index in [1.165, 1.54) is 6.33 Å². The number of methoxy groups -OCH3 is 2. The number of benzene rings is 4. The van der Waals surface area contributed by atoms with E-state index in [9.17, 15) is 14.4 Å². The van der Waals surface area contributed by atoms with E-state index >= 15 is 0 Å². The highest BCUT2D eigenvalue weighted by Gasteiger charge is 2.55. The van der Waals surface area contributed by atoms with E-state index in [1.807, 2.05) is 117 Å². The molecule has 4 aromatic carbocycles. The predicted molar refractivity (Wildman–Crippen MR) is 257 cm³/mol. The Morgan fingerprint density at radius 3 is 2.04 bits per heavy atom. The molecule has 0 radical (unpaired) electrons. The van der Waals surface area contributed by atoms with Crippen molar-refractivity contribution in [2.45, 2.75) is 96.1 Å². The van der Waals surface area contributed by atoms with Gasteiger partial charge in [-0.2, -0.15) is 5.26 Å². The second-order valence-corrected chi connectivity index (χ2v) is 18.0. The van der Waals surface area contributed by atoms with Crippen molar-refractivity contribution in [3.63, 3.8) is 0 Å². The first-order chi connectivity index (χ1) is 33.4. The Bertz CT molecular complexity index is 2630. The number of aromatic nitrogens is 4. The number of rotatable bonds is 22. The summed E-state index contributed by atoms with van der Waals surface area (Å²) in [7, 11) is 1.28. The Morgan fingerprint density at radius 1 is 0.841 bits per heavy atom. The summed E-state index contributed by atoms with van der Waals surface area (Å²) in [6, 6.07) is 35.2. The Balaban J connectivity index is 1.27. The Morgan fingerprint density at radius 2 is 1.45 bits per heavy atom. The monoisotopic (exact) mass is 957 g/mol. The van der Waals surface area contributed by atoms with Gasteiger partial charge in [0.25, 0.3) is 5.91 Å². The Labute approximate surface area is 402 Å². The molecule has 17 nitrogen and oxygen atoms in total. The van der Waals surface area contributed by atoms with E-state index in [2.05, 4.69) is 26.3 Å². The minimum atomic E-state index is -1.88. The molecule has 4 atom stereocenters. The van der Waals surface area contributed by atoms with Gasteiger partial charge in [-0.3, -0.25) is 19.0 Å². The molecule has 1 amide bonds. The van der Waals surface area contributed by atoms with Crippen molar-refractivity contribution in [2.75, 3.05) is 26.1 Å². The average Bonchev–Trinajstić information content (AvgIpc) is 3.99. The van der Waals surface area contributed by atoms with Gasteiger partial charge in [-0.15, -0.1) is 0 Å². The van der Waals surface area contributed by atoms with E-state index in [4.69, 9.17) is 38.0 Å². The molecule has 360 valence electrons. The van der Waals surface area contributed by atoms with Crippen LogP contribution < -0.4 is 14.8 Å². The van der Waals surface area contributed by atoms with Crippen LogP contribution in [0.1, 0.15) is 86.7 Å². The first-order valence-corrected chi connectivity index (χ1v) is 23.7. The van der Waals surface area contributed by atoms with Gasteiger partial charge in [0.1, 0.15) is 41.9 Å². The second-order valence-electron chi connectivity index (χ2n) is 16.6. The molecule has 1 aliphatic rings. The van der Waals surface area contributed by atoms with Gasteiger partial charge in [-0.25, -0.2) is 19.6 Å². The number of carbonyl (C=O) groups is 3. The number of esters is 1. The van der Waals surface area contributed by atoms with Crippen molar-refractivity contribution < 1.29 is 47.1 Å². The maximum atomic E-state index is 14.2. The van der Waals surface area contributed by atoms with Crippen LogP contribution >= 0.6 is 8.53 Å². The molecule has 0 saturated carbocycles. The second kappa shape index (κ2) is 23.5. The molecule has 7 rings (SSSR count). The SMILES string of the molecule is COc1ccc(C(OCc2ccccc2)(c2ccc(OC)cc2)[C@@H]2O[C@H](n3cnc4c(NC(=O)c5ccccc5)ncnc43)C[C@@H]2OC(=O)CCC(=O)OP(OCCC#N)N(C(C)C)C(C)C)cc1.